The average molecular weight is 192 g/mol. The molecule has 2 rings (SSSR count). The Labute approximate surface area is 82.5 Å². The lowest BCUT2D eigenvalue weighted by atomic mass is 10.3. The summed E-state index contributed by atoms with van der Waals surface area (Å²) < 4.78 is 0. The van der Waals surface area contributed by atoms with Crippen LogP contribution < -0.4 is 0 Å². The van der Waals surface area contributed by atoms with Crippen molar-refractivity contribution in [2.75, 3.05) is 0 Å². The summed E-state index contributed by atoms with van der Waals surface area (Å²) in [5.41, 5.74) is 0. The minimum atomic E-state index is -0.204. The van der Waals surface area contributed by atoms with E-state index in [1.807, 2.05) is 24.3 Å². The first-order chi connectivity index (χ1) is 6.36. The number of aliphatic hydroxyl groups is 1. The second-order valence-corrected chi connectivity index (χ2v) is 4.38. The summed E-state index contributed by atoms with van der Waals surface area (Å²) in [6, 6.07) is 10.2. The molecule has 1 aromatic rings. The standard InChI is InChI=1S/C11H12OS/c12-10-7-4-8-11(10)13-9-5-2-1-3-6-9/h1-6,8,10-12H,7H2/t10-,11-/m1/s1. The maximum Gasteiger partial charge on any atom is 0.0731 e. The van der Waals surface area contributed by atoms with Gasteiger partial charge in [0.05, 0.1) is 11.4 Å². The first-order valence-corrected chi connectivity index (χ1v) is 5.30. The molecule has 1 aliphatic rings. The van der Waals surface area contributed by atoms with Gasteiger partial charge in [0.15, 0.2) is 0 Å². The van der Waals surface area contributed by atoms with Crippen LogP contribution in [0.1, 0.15) is 6.42 Å². The van der Waals surface area contributed by atoms with Crippen molar-refractivity contribution in [3.8, 4) is 0 Å². The first kappa shape index (κ1) is 8.85. The maximum absolute atomic E-state index is 9.57. The summed E-state index contributed by atoms with van der Waals surface area (Å²) in [6.45, 7) is 0. The molecular weight excluding hydrogens is 180 g/mol. The number of thioether (sulfide) groups is 1. The average Bonchev–Trinajstić information content (AvgIpc) is 2.54. The van der Waals surface area contributed by atoms with Crippen LogP contribution in [0.2, 0.25) is 0 Å². The number of aliphatic hydroxyl groups excluding tert-OH is 1. The van der Waals surface area contributed by atoms with Gasteiger partial charge < -0.3 is 5.11 Å². The van der Waals surface area contributed by atoms with E-state index in [0.717, 1.165) is 6.42 Å². The fourth-order valence-corrected chi connectivity index (χ4v) is 2.47. The van der Waals surface area contributed by atoms with Gasteiger partial charge in [-0.2, -0.15) is 0 Å². The highest BCUT2D eigenvalue weighted by molar-refractivity contribution is 8.00. The van der Waals surface area contributed by atoms with Gasteiger partial charge in [-0.3, -0.25) is 0 Å². The molecule has 0 spiro atoms. The largest absolute Gasteiger partial charge is 0.391 e. The van der Waals surface area contributed by atoms with E-state index in [4.69, 9.17) is 0 Å². The second-order valence-electron chi connectivity index (χ2n) is 3.13. The quantitative estimate of drug-likeness (QED) is 0.726. The zero-order chi connectivity index (χ0) is 9.10. The van der Waals surface area contributed by atoms with Crippen LogP contribution in [-0.4, -0.2) is 16.5 Å². The monoisotopic (exact) mass is 192 g/mol. The van der Waals surface area contributed by atoms with E-state index in [0.29, 0.717) is 0 Å². The zero-order valence-electron chi connectivity index (χ0n) is 7.26. The summed E-state index contributed by atoms with van der Waals surface area (Å²) in [5.74, 6) is 0. The van der Waals surface area contributed by atoms with E-state index >= 15 is 0 Å². The molecule has 0 saturated carbocycles. The van der Waals surface area contributed by atoms with Crippen LogP contribution in [0.25, 0.3) is 0 Å². The van der Waals surface area contributed by atoms with Gasteiger partial charge in [-0.1, -0.05) is 30.4 Å². The third-order valence-electron chi connectivity index (χ3n) is 2.10. The lowest BCUT2D eigenvalue weighted by Crippen LogP contribution is -2.15. The Morgan fingerprint density at radius 3 is 2.62 bits per heavy atom. The van der Waals surface area contributed by atoms with Crippen molar-refractivity contribution in [2.24, 2.45) is 0 Å². The molecule has 1 aromatic carbocycles. The van der Waals surface area contributed by atoms with Crippen molar-refractivity contribution in [3.63, 3.8) is 0 Å². The summed E-state index contributed by atoms with van der Waals surface area (Å²) in [4.78, 5) is 1.22. The third-order valence-corrected chi connectivity index (χ3v) is 3.39. The van der Waals surface area contributed by atoms with Crippen LogP contribution in [-0.2, 0) is 0 Å². The van der Waals surface area contributed by atoms with Crippen molar-refractivity contribution in [3.05, 3.63) is 42.5 Å². The number of rotatable bonds is 2. The van der Waals surface area contributed by atoms with Crippen LogP contribution in [0.4, 0.5) is 0 Å². The van der Waals surface area contributed by atoms with E-state index in [1.165, 1.54) is 4.90 Å². The molecule has 0 fully saturated rings. The van der Waals surface area contributed by atoms with E-state index in [2.05, 4.69) is 18.2 Å². The van der Waals surface area contributed by atoms with Crippen molar-refractivity contribution in [1.29, 1.82) is 0 Å². The predicted molar refractivity (Wildman–Crippen MR) is 55.9 cm³/mol. The Morgan fingerprint density at radius 2 is 2.00 bits per heavy atom. The molecular formula is C11H12OS. The molecule has 0 unspecified atom stereocenters. The van der Waals surface area contributed by atoms with Gasteiger partial charge in [0.1, 0.15) is 0 Å². The molecule has 0 radical (unpaired) electrons. The van der Waals surface area contributed by atoms with Crippen LogP contribution in [0.3, 0.4) is 0 Å². The fraction of sp³-hybridized carbons (Fsp3) is 0.273. The molecule has 0 amide bonds. The van der Waals surface area contributed by atoms with Crippen molar-refractivity contribution in [2.45, 2.75) is 22.7 Å². The van der Waals surface area contributed by atoms with Gasteiger partial charge in [-0.25, -0.2) is 0 Å². The Balaban J connectivity index is 2.02. The van der Waals surface area contributed by atoms with E-state index in [1.54, 1.807) is 11.8 Å². The fourth-order valence-electron chi connectivity index (χ4n) is 1.39. The lowest BCUT2D eigenvalue weighted by Gasteiger charge is -2.12. The maximum atomic E-state index is 9.57. The Morgan fingerprint density at radius 1 is 1.23 bits per heavy atom. The molecule has 2 atom stereocenters. The van der Waals surface area contributed by atoms with Crippen LogP contribution >= 0.6 is 11.8 Å². The van der Waals surface area contributed by atoms with Gasteiger partial charge in [0.2, 0.25) is 0 Å². The van der Waals surface area contributed by atoms with E-state index in [-0.39, 0.29) is 11.4 Å². The van der Waals surface area contributed by atoms with Gasteiger partial charge in [0, 0.05) is 4.90 Å². The second kappa shape index (κ2) is 3.99. The van der Waals surface area contributed by atoms with Gasteiger partial charge >= 0.3 is 0 Å². The highest BCUT2D eigenvalue weighted by Gasteiger charge is 2.20. The van der Waals surface area contributed by atoms with Crippen LogP contribution in [0.5, 0.6) is 0 Å². The third kappa shape index (κ3) is 2.14. The highest BCUT2D eigenvalue weighted by Crippen LogP contribution is 2.30. The molecule has 1 aliphatic carbocycles. The smallest absolute Gasteiger partial charge is 0.0731 e. The number of hydrogen-bond acceptors (Lipinski definition) is 2. The minimum absolute atomic E-state index is 0.204. The Kier molecular flexibility index (Phi) is 2.71. The predicted octanol–water partition coefficient (Wildman–Crippen LogP) is 2.47. The molecule has 13 heavy (non-hydrogen) atoms. The first-order valence-electron chi connectivity index (χ1n) is 4.43. The van der Waals surface area contributed by atoms with Gasteiger partial charge in [-0.15, -0.1) is 11.8 Å². The Hall–Kier alpha value is -0.730. The minimum Gasteiger partial charge on any atom is -0.391 e. The number of hydrogen-bond donors (Lipinski definition) is 1. The molecule has 0 heterocycles. The van der Waals surface area contributed by atoms with Crippen molar-refractivity contribution in [1.82, 2.24) is 0 Å². The van der Waals surface area contributed by atoms with E-state index in [9.17, 15) is 5.11 Å². The molecule has 0 aromatic heterocycles. The molecule has 2 heteroatoms. The summed E-state index contributed by atoms with van der Waals surface area (Å²) in [6.07, 6.45) is 4.73. The molecule has 1 nitrogen and oxygen atoms in total. The Bertz CT molecular complexity index is 294. The molecule has 0 saturated heterocycles. The molecule has 68 valence electrons. The van der Waals surface area contributed by atoms with Gasteiger partial charge in [0.25, 0.3) is 0 Å². The zero-order valence-corrected chi connectivity index (χ0v) is 8.08. The van der Waals surface area contributed by atoms with Crippen molar-refractivity contribution >= 4 is 11.8 Å². The summed E-state index contributed by atoms with van der Waals surface area (Å²) >= 11 is 1.72. The molecule has 0 aliphatic heterocycles. The highest BCUT2D eigenvalue weighted by atomic mass is 32.2. The normalized spacial score (nSPS) is 26.5. The molecule has 1 N–H and O–H groups in total. The van der Waals surface area contributed by atoms with Crippen LogP contribution in [0.15, 0.2) is 47.4 Å². The molecule has 0 bridgehead atoms. The summed E-state index contributed by atoms with van der Waals surface area (Å²) in [5, 5.41) is 9.81. The lowest BCUT2D eigenvalue weighted by molar-refractivity contribution is 0.194. The topological polar surface area (TPSA) is 20.2 Å². The van der Waals surface area contributed by atoms with Crippen molar-refractivity contribution < 1.29 is 5.11 Å². The van der Waals surface area contributed by atoms with Crippen LogP contribution in [0, 0.1) is 0 Å². The van der Waals surface area contributed by atoms with Gasteiger partial charge in [-0.05, 0) is 18.6 Å². The number of benzene rings is 1. The van der Waals surface area contributed by atoms with E-state index < -0.39 is 0 Å². The SMILES string of the molecule is O[C@@H]1CC=C[C@H]1Sc1ccccc1. The summed E-state index contributed by atoms with van der Waals surface area (Å²) in [7, 11) is 0.